The molecule has 1 fully saturated rings. The molecule has 1 N–H and O–H groups in total. The Morgan fingerprint density at radius 2 is 1.77 bits per heavy atom. The number of carbonyl (C=O) groups is 3. The van der Waals surface area contributed by atoms with Crippen LogP contribution in [0.3, 0.4) is 0 Å². The van der Waals surface area contributed by atoms with Crippen molar-refractivity contribution in [2.24, 2.45) is 0 Å². The molecule has 0 bridgehead atoms. The molecular weight excluding hydrogens is 282 g/mol. The highest BCUT2D eigenvalue weighted by Gasteiger charge is 2.33. The number of nitrogens with zero attached hydrogens (tertiary/aromatic N) is 2. The van der Waals surface area contributed by atoms with E-state index in [1.807, 2.05) is 7.05 Å². The highest BCUT2D eigenvalue weighted by molar-refractivity contribution is 6.21. The van der Waals surface area contributed by atoms with E-state index in [4.69, 9.17) is 0 Å². The predicted molar refractivity (Wildman–Crippen MR) is 80.9 cm³/mol. The van der Waals surface area contributed by atoms with Crippen molar-refractivity contribution in [2.45, 2.75) is 18.9 Å². The Hall–Kier alpha value is -2.21. The lowest BCUT2D eigenvalue weighted by Gasteiger charge is -2.31. The van der Waals surface area contributed by atoms with Gasteiger partial charge in [0.15, 0.2) is 0 Å². The van der Waals surface area contributed by atoms with E-state index < -0.39 is 0 Å². The molecular formula is C16H19N3O3. The zero-order chi connectivity index (χ0) is 15.9. The third-order valence-electron chi connectivity index (χ3n) is 4.53. The topological polar surface area (TPSA) is 69.7 Å². The van der Waals surface area contributed by atoms with Crippen LogP contribution in [0.15, 0.2) is 18.2 Å². The standard InChI is InChI=1S/C16H19N3O3/c1-17-11-5-7-19(8-6-11)14(20)10-3-4-12-13(9-10)16(22)18(2)15(12)21/h3-4,9,11,17H,5-8H2,1-2H3. The smallest absolute Gasteiger partial charge is 0.261 e. The van der Waals surface area contributed by atoms with Crippen LogP contribution < -0.4 is 5.32 Å². The van der Waals surface area contributed by atoms with Crippen molar-refractivity contribution in [3.8, 4) is 0 Å². The molecule has 3 rings (SSSR count). The molecule has 1 aromatic rings. The van der Waals surface area contributed by atoms with Gasteiger partial charge in [-0.1, -0.05) is 0 Å². The minimum absolute atomic E-state index is 0.0767. The highest BCUT2D eigenvalue weighted by Crippen LogP contribution is 2.24. The van der Waals surface area contributed by atoms with Crippen molar-refractivity contribution in [1.82, 2.24) is 15.1 Å². The molecule has 0 atom stereocenters. The first-order valence-corrected chi connectivity index (χ1v) is 7.46. The molecule has 1 saturated heterocycles. The van der Waals surface area contributed by atoms with Gasteiger partial charge in [0.1, 0.15) is 0 Å². The summed E-state index contributed by atoms with van der Waals surface area (Å²) < 4.78 is 0. The molecule has 0 aliphatic carbocycles. The Balaban J connectivity index is 1.81. The molecule has 0 spiro atoms. The van der Waals surface area contributed by atoms with Crippen LogP contribution in [0, 0.1) is 0 Å². The number of amides is 3. The van der Waals surface area contributed by atoms with Gasteiger partial charge in [-0.15, -0.1) is 0 Å². The van der Waals surface area contributed by atoms with E-state index in [-0.39, 0.29) is 17.7 Å². The highest BCUT2D eigenvalue weighted by atomic mass is 16.2. The Bertz CT molecular complexity index is 648. The first-order valence-electron chi connectivity index (χ1n) is 7.46. The zero-order valence-electron chi connectivity index (χ0n) is 12.8. The van der Waals surface area contributed by atoms with Crippen LogP contribution in [0.4, 0.5) is 0 Å². The third-order valence-corrected chi connectivity index (χ3v) is 4.53. The van der Waals surface area contributed by atoms with Gasteiger partial charge in [0, 0.05) is 31.7 Å². The lowest BCUT2D eigenvalue weighted by atomic mass is 10.0. The van der Waals surface area contributed by atoms with E-state index in [0.717, 1.165) is 17.7 Å². The number of carbonyl (C=O) groups excluding carboxylic acids is 3. The number of fused-ring (bicyclic) bond motifs is 1. The normalized spacial score (nSPS) is 18.8. The van der Waals surface area contributed by atoms with Gasteiger partial charge in [-0.25, -0.2) is 0 Å². The number of imide groups is 1. The monoisotopic (exact) mass is 301 g/mol. The Morgan fingerprint density at radius 1 is 1.14 bits per heavy atom. The van der Waals surface area contributed by atoms with Crippen LogP contribution in [0.25, 0.3) is 0 Å². The molecule has 0 radical (unpaired) electrons. The van der Waals surface area contributed by atoms with Gasteiger partial charge in [0.05, 0.1) is 11.1 Å². The molecule has 6 nitrogen and oxygen atoms in total. The Labute approximate surface area is 129 Å². The molecule has 22 heavy (non-hydrogen) atoms. The summed E-state index contributed by atoms with van der Waals surface area (Å²) in [4.78, 5) is 39.3. The number of likely N-dealkylation sites (tertiary alicyclic amines) is 1. The molecule has 1 aromatic carbocycles. The molecule has 3 amide bonds. The number of hydrogen-bond acceptors (Lipinski definition) is 4. The number of benzene rings is 1. The maximum atomic E-state index is 12.6. The van der Waals surface area contributed by atoms with E-state index in [9.17, 15) is 14.4 Å². The van der Waals surface area contributed by atoms with Crippen molar-refractivity contribution in [1.29, 1.82) is 0 Å². The van der Waals surface area contributed by atoms with Gasteiger partial charge in [-0.2, -0.15) is 0 Å². The number of hydrogen-bond donors (Lipinski definition) is 1. The summed E-state index contributed by atoms with van der Waals surface area (Å²) in [6, 6.07) is 5.21. The molecule has 2 aliphatic heterocycles. The molecule has 2 heterocycles. The second-order valence-electron chi connectivity index (χ2n) is 5.78. The summed E-state index contributed by atoms with van der Waals surface area (Å²) in [7, 11) is 3.39. The first kappa shape index (κ1) is 14.7. The quantitative estimate of drug-likeness (QED) is 0.818. The lowest BCUT2D eigenvalue weighted by Crippen LogP contribution is -2.44. The van der Waals surface area contributed by atoms with Crippen molar-refractivity contribution in [3.05, 3.63) is 34.9 Å². The summed E-state index contributed by atoms with van der Waals surface area (Å²) in [6.45, 7) is 1.41. The van der Waals surface area contributed by atoms with Crippen molar-refractivity contribution in [2.75, 3.05) is 27.2 Å². The minimum atomic E-state index is -0.344. The molecule has 2 aliphatic rings. The van der Waals surface area contributed by atoms with E-state index in [2.05, 4.69) is 5.32 Å². The fourth-order valence-corrected chi connectivity index (χ4v) is 3.05. The van der Waals surface area contributed by atoms with Gasteiger partial charge in [0.25, 0.3) is 17.7 Å². The minimum Gasteiger partial charge on any atom is -0.339 e. The average Bonchev–Trinajstić information content (AvgIpc) is 2.78. The van der Waals surface area contributed by atoms with Crippen LogP contribution in [-0.4, -0.2) is 60.7 Å². The van der Waals surface area contributed by atoms with Crippen molar-refractivity contribution >= 4 is 17.7 Å². The van der Waals surface area contributed by atoms with Crippen LogP contribution in [-0.2, 0) is 0 Å². The third kappa shape index (κ3) is 2.29. The predicted octanol–water partition coefficient (Wildman–Crippen LogP) is 0.736. The van der Waals surface area contributed by atoms with Gasteiger partial charge in [-0.3, -0.25) is 19.3 Å². The summed E-state index contributed by atoms with van der Waals surface area (Å²) in [6.07, 6.45) is 1.85. The van der Waals surface area contributed by atoms with Crippen LogP contribution in [0.1, 0.15) is 43.9 Å². The molecule has 6 heteroatoms. The molecule has 0 unspecified atom stereocenters. The molecule has 116 valence electrons. The number of nitrogens with one attached hydrogen (secondary N) is 1. The van der Waals surface area contributed by atoms with Gasteiger partial charge >= 0.3 is 0 Å². The summed E-state index contributed by atoms with van der Waals surface area (Å²) >= 11 is 0. The van der Waals surface area contributed by atoms with Gasteiger partial charge in [-0.05, 0) is 38.1 Å². The summed E-state index contributed by atoms with van der Waals surface area (Å²) in [5, 5.41) is 3.23. The summed E-state index contributed by atoms with van der Waals surface area (Å²) in [5.74, 6) is -0.732. The first-order chi connectivity index (χ1) is 10.5. The van der Waals surface area contributed by atoms with E-state index in [1.165, 1.54) is 7.05 Å². The lowest BCUT2D eigenvalue weighted by molar-refractivity contribution is 0.0690. The molecule has 0 saturated carbocycles. The molecule has 0 aromatic heterocycles. The average molecular weight is 301 g/mol. The number of piperidine rings is 1. The fraction of sp³-hybridized carbons (Fsp3) is 0.438. The van der Waals surface area contributed by atoms with E-state index in [1.54, 1.807) is 23.1 Å². The second-order valence-corrected chi connectivity index (χ2v) is 5.78. The Morgan fingerprint density at radius 3 is 2.41 bits per heavy atom. The van der Waals surface area contributed by atoms with Crippen LogP contribution in [0.5, 0.6) is 0 Å². The van der Waals surface area contributed by atoms with Crippen molar-refractivity contribution < 1.29 is 14.4 Å². The fourth-order valence-electron chi connectivity index (χ4n) is 3.05. The van der Waals surface area contributed by atoms with E-state index in [0.29, 0.717) is 35.8 Å². The van der Waals surface area contributed by atoms with Crippen LogP contribution >= 0.6 is 0 Å². The Kier molecular flexibility index (Phi) is 3.70. The summed E-state index contributed by atoms with van der Waals surface area (Å²) in [5.41, 5.74) is 1.17. The maximum absolute atomic E-state index is 12.6. The van der Waals surface area contributed by atoms with Gasteiger partial charge in [0.2, 0.25) is 0 Å². The zero-order valence-corrected chi connectivity index (χ0v) is 12.8. The van der Waals surface area contributed by atoms with Crippen LogP contribution in [0.2, 0.25) is 0 Å². The van der Waals surface area contributed by atoms with Crippen molar-refractivity contribution in [3.63, 3.8) is 0 Å². The number of rotatable bonds is 2. The van der Waals surface area contributed by atoms with Gasteiger partial charge < -0.3 is 10.2 Å². The maximum Gasteiger partial charge on any atom is 0.261 e. The largest absolute Gasteiger partial charge is 0.339 e. The second kappa shape index (κ2) is 5.53. The van der Waals surface area contributed by atoms with E-state index >= 15 is 0 Å². The SMILES string of the molecule is CNC1CCN(C(=O)c2ccc3c(c2)C(=O)N(C)C3=O)CC1.